The van der Waals surface area contributed by atoms with Crippen LogP contribution in [0.2, 0.25) is 0 Å². The molecule has 140 valence electrons. The quantitative estimate of drug-likeness (QED) is 0.894. The third-order valence-corrected chi connectivity index (χ3v) is 5.15. The zero-order chi connectivity index (χ0) is 18.7. The van der Waals surface area contributed by atoms with Crippen LogP contribution in [0.5, 0.6) is 5.75 Å². The van der Waals surface area contributed by atoms with Gasteiger partial charge in [-0.3, -0.25) is 4.79 Å². The van der Waals surface area contributed by atoms with Crippen molar-refractivity contribution in [2.75, 3.05) is 33.7 Å². The molecule has 6 heteroatoms. The predicted octanol–water partition coefficient (Wildman–Crippen LogP) is 2.48. The van der Waals surface area contributed by atoms with Crippen LogP contribution in [-0.2, 0) is 6.54 Å². The molecule has 1 aromatic carbocycles. The summed E-state index contributed by atoms with van der Waals surface area (Å²) < 4.78 is 2.21. The van der Waals surface area contributed by atoms with Crippen molar-refractivity contribution < 1.29 is 9.90 Å². The molecule has 1 N–H and O–H groups in total. The highest BCUT2D eigenvalue weighted by Gasteiger charge is 2.28. The van der Waals surface area contributed by atoms with Crippen LogP contribution >= 0.6 is 0 Å². The van der Waals surface area contributed by atoms with Gasteiger partial charge in [0.05, 0.1) is 0 Å². The van der Waals surface area contributed by atoms with E-state index in [1.807, 2.05) is 17.3 Å². The molecule has 26 heavy (non-hydrogen) atoms. The molecule has 1 saturated heterocycles. The molecule has 1 fully saturated rings. The lowest BCUT2D eigenvalue weighted by Gasteiger charge is -2.33. The van der Waals surface area contributed by atoms with Gasteiger partial charge in [0, 0.05) is 55.6 Å². The van der Waals surface area contributed by atoms with Crippen molar-refractivity contribution in [1.82, 2.24) is 19.4 Å². The molecule has 0 radical (unpaired) electrons. The Balaban J connectivity index is 1.75. The van der Waals surface area contributed by atoms with Gasteiger partial charge in [-0.1, -0.05) is 6.07 Å². The highest BCUT2D eigenvalue weighted by atomic mass is 16.3. The molecule has 1 aliphatic rings. The smallest absolute Gasteiger partial charge is 0.254 e. The fraction of sp³-hybridized carbons (Fsp3) is 0.500. The van der Waals surface area contributed by atoms with E-state index in [9.17, 15) is 9.90 Å². The minimum Gasteiger partial charge on any atom is -0.508 e. The first-order valence-corrected chi connectivity index (χ1v) is 9.21. The lowest BCUT2D eigenvalue weighted by Crippen LogP contribution is -2.40. The molecule has 0 saturated carbocycles. The summed E-state index contributed by atoms with van der Waals surface area (Å²) in [6.07, 6.45) is 5.89. The maximum atomic E-state index is 13.0. The van der Waals surface area contributed by atoms with Gasteiger partial charge in [-0.2, -0.15) is 0 Å². The molecule has 0 spiro atoms. The molecular formula is C20H28N4O2. The molecule has 1 aromatic heterocycles. The number of rotatable bonds is 5. The van der Waals surface area contributed by atoms with Gasteiger partial charge in [0.2, 0.25) is 0 Å². The standard InChI is InChI=1S/C20H28N4O2/c1-15-17(7-4-8-18(15)25)20(26)24-10-5-6-16(14-24)19-21-9-11-23(19)13-12-22(2)3/h4,7-9,11,16,25H,5-6,10,12-14H2,1-3H3/t16-/m0/s1. The number of hydrogen-bond donors (Lipinski definition) is 1. The first kappa shape index (κ1) is 18.5. The molecule has 6 nitrogen and oxygen atoms in total. The van der Waals surface area contributed by atoms with Crippen LogP contribution in [0.3, 0.4) is 0 Å². The Morgan fingerprint density at radius 3 is 2.96 bits per heavy atom. The van der Waals surface area contributed by atoms with E-state index in [1.54, 1.807) is 25.1 Å². The Labute approximate surface area is 155 Å². The zero-order valence-electron chi connectivity index (χ0n) is 15.9. The van der Waals surface area contributed by atoms with Gasteiger partial charge >= 0.3 is 0 Å². The van der Waals surface area contributed by atoms with Crippen molar-refractivity contribution in [1.29, 1.82) is 0 Å². The minimum absolute atomic E-state index is 0.00509. The number of carbonyl (C=O) groups is 1. The predicted molar refractivity (Wildman–Crippen MR) is 102 cm³/mol. The van der Waals surface area contributed by atoms with Crippen LogP contribution < -0.4 is 0 Å². The number of carbonyl (C=O) groups excluding carboxylic acids is 1. The number of likely N-dealkylation sites (tertiary alicyclic amines) is 1. The van der Waals surface area contributed by atoms with E-state index in [2.05, 4.69) is 28.5 Å². The largest absolute Gasteiger partial charge is 0.508 e. The molecule has 0 unspecified atom stereocenters. The number of hydrogen-bond acceptors (Lipinski definition) is 4. The Morgan fingerprint density at radius 1 is 1.38 bits per heavy atom. The van der Waals surface area contributed by atoms with Gasteiger partial charge in [-0.15, -0.1) is 0 Å². The monoisotopic (exact) mass is 356 g/mol. The lowest BCUT2D eigenvalue weighted by molar-refractivity contribution is 0.0702. The van der Waals surface area contributed by atoms with E-state index in [1.165, 1.54) is 0 Å². The van der Waals surface area contributed by atoms with E-state index in [-0.39, 0.29) is 17.6 Å². The van der Waals surface area contributed by atoms with Crippen LogP contribution in [0.15, 0.2) is 30.6 Å². The summed E-state index contributed by atoms with van der Waals surface area (Å²) in [5.74, 6) is 1.48. The first-order chi connectivity index (χ1) is 12.5. The Bertz CT molecular complexity index is 769. The van der Waals surface area contributed by atoms with Crippen molar-refractivity contribution in [3.63, 3.8) is 0 Å². The Kier molecular flexibility index (Phi) is 5.61. The highest BCUT2D eigenvalue weighted by molar-refractivity contribution is 5.96. The molecule has 2 heterocycles. The summed E-state index contributed by atoms with van der Waals surface area (Å²) in [4.78, 5) is 21.6. The van der Waals surface area contributed by atoms with Gasteiger partial charge in [-0.25, -0.2) is 4.98 Å². The van der Waals surface area contributed by atoms with Gasteiger partial charge in [0.25, 0.3) is 5.91 Å². The second kappa shape index (κ2) is 7.91. The SMILES string of the molecule is Cc1c(O)cccc1C(=O)N1CCC[C@H](c2nccn2CCN(C)C)C1. The molecule has 1 amide bonds. The summed E-state index contributed by atoms with van der Waals surface area (Å²) in [5.41, 5.74) is 1.23. The second-order valence-corrected chi connectivity index (χ2v) is 7.32. The molecule has 0 bridgehead atoms. The van der Waals surface area contributed by atoms with Crippen LogP contribution in [0.4, 0.5) is 0 Å². The number of phenolic OH excluding ortho intramolecular Hbond substituents is 1. The van der Waals surface area contributed by atoms with E-state index in [0.717, 1.165) is 38.3 Å². The van der Waals surface area contributed by atoms with E-state index in [0.29, 0.717) is 17.7 Å². The number of likely N-dealkylation sites (N-methyl/N-ethyl adjacent to an activating group) is 1. The number of aromatic hydroxyl groups is 1. The number of nitrogens with zero attached hydrogens (tertiary/aromatic N) is 4. The van der Waals surface area contributed by atoms with E-state index < -0.39 is 0 Å². The van der Waals surface area contributed by atoms with Crippen LogP contribution in [-0.4, -0.2) is 64.1 Å². The number of piperidine rings is 1. The van der Waals surface area contributed by atoms with Gasteiger partial charge in [-0.05, 0) is 46.0 Å². The summed E-state index contributed by atoms with van der Waals surface area (Å²) in [6.45, 7) is 5.08. The minimum atomic E-state index is -0.00509. The number of amides is 1. The van der Waals surface area contributed by atoms with E-state index in [4.69, 9.17) is 0 Å². The molecule has 2 aromatic rings. The molecule has 1 atom stereocenters. The number of imidazole rings is 1. The average Bonchev–Trinajstić information content (AvgIpc) is 3.10. The third kappa shape index (κ3) is 3.90. The van der Waals surface area contributed by atoms with Crippen LogP contribution in [0.25, 0.3) is 0 Å². The van der Waals surface area contributed by atoms with Crippen molar-refractivity contribution in [2.24, 2.45) is 0 Å². The van der Waals surface area contributed by atoms with Gasteiger partial charge in [0.1, 0.15) is 11.6 Å². The lowest BCUT2D eigenvalue weighted by atomic mass is 9.95. The first-order valence-electron chi connectivity index (χ1n) is 9.21. The second-order valence-electron chi connectivity index (χ2n) is 7.32. The molecule has 3 rings (SSSR count). The van der Waals surface area contributed by atoms with E-state index >= 15 is 0 Å². The summed E-state index contributed by atoms with van der Waals surface area (Å²) in [6, 6.07) is 5.14. The topological polar surface area (TPSA) is 61.6 Å². The maximum absolute atomic E-state index is 13.0. The number of benzene rings is 1. The summed E-state index contributed by atoms with van der Waals surface area (Å²) in [7, 11) is 4.13. The maximum Gasteiger partial charge on any atom is 0.254 e. The van der Waals surface area contributed by atoms with Gasteiger partial charge in [0.15, 0.2) is 0 Å². The number of phenols is 1. The fourth-order valence-electron chi connectivity index (χ4n) is 3.58. The van der Waals surface area contributed by atoms with Crippen LogP contribution in [0, 0.1) is 6.92 Å². The number of aromatic nitrogens is 2. The summed E-state index contributed by atoms with van der Waals surface area (Å²) in [5, 5.41) is 9.90. The third-order valence-electron chi connectivity index (χ3n) is 5.15. The highest BCUT2D eigenvalue weighted by Crippen LogP contribution is 2.28. The summed E-state index contributed by atoms with van der Waals surface area (Å²) >= 11 is 0. The van der Waals surface area contributed by atoms with Crippen molar-refractivity contribution in [3.8, 4) is 5.75 Å². The normalized spacial score (nSPS) is 17.7. The van der Waals surface area contributed by atoms with Crippen molar-refractivity contribution in [2.45, 2.75) is 32.2 Å². The van der Waals surface area contributed by atoms with Gasteiger partial charge < -0.3 is 19.5 Å². The fourth-order valence-corrected chi connectivity index (χ4v) is 3.58. The molecular weight excluding hydrogens is 328 g/mol. The van der Waals surface area contributed by atoms with Crippen LogP contribution in [0.1, 0.15) is 40.5 Å². The Morgan fingerprint density at radius 2 is 2.19 bits per heavy atom. The van der Waals surface area contributed by atoms with Crippen molar-refractivity contribution in [3.05, 3.63) is 47.5 Å². The zero-order valence-corrected chi connectivity index (χ0v) is 15.9. The molecule has 0 aliphatic carbocycles. The average molecular weight is 356 g/mol. The Hall–Kier alpha value is -2.34. The van der Waals surface area contributed by atoms with Crippen molar-refractivity contribution >= 4 is 5.91 Å². The molecule has 1 aliphatic heterocycles.